The van der Waals surface area contributed by atoms with Crippen molar-refractivity contribution in [3.8, 4) is 6.07 Å². The summed E-state index contributed by atoms with van der Waals surface area (Å²) in [5.41, 5.74) is 3.36. The van der Waals surface area contributed by atoms with Crippen molar-refractivity contribution in [2.45, 2.75) is 13.5 Å². The molecule has 0 aliphatic rings. The topological polar surface area (TPSA) is 44.1 Å². The number of nitriles is 1. The van der Waals surface area contributed by atoms with E-state index < -0.39 is 0 Å². The number of nitrogens with zero attached hydrogens (tertiary/aromatic N) is 2. The van der Waals surface area contributed by atoms with Gasteiger partial charge >= 0.3 is 0 Å². The van der Waals surface area contributed by atoms with Crippen LogP contribution in [-0.2, 0) is 11.3 Å². The Kier molecular flexibility index (Phi) is 5.50. The van der Waals surface area contributed by atoms with Crippen LogP contribution in [0, 0.1) is 11.3 Å². The van der Waals surface area contributed by atoms with Gasteiger partial charge in [0.05, 0.1) is 5.57 Å². The van der Waals surface area contributed by atoms with Crippen LogP contribution in [0.3, 0.4) is 0 Å². The minimum absolute atomic E-state index is 0.129. The molecule has 0 amide bonds. The molecular weight excluding hydrogens is 272 g/mol. The molecule has 110 valence electrons. The summed E-state index contributed by atoms with van der Waals surface area (Å²) in [6.45, 7) is 3.88. The first kappa shape index (κ1) is 15.5. The Morgan fingerprint density at radius 1 is 1.14 bits per heavy atom. The average Bonchev–Trinajstić information content (AvgIpc) is 2.59. The second-order valence-corrected chi connectivity index (χ2v) is 4.92. The lowest BCUT2D eigenvalue weighted by molar-refractivity contribution is -0.104. The summed E-state index contributed by atoms with van der Waals surface area (Å²) >= 11 is 0. The second kappa shape index (κ2) is 7.80. The predicted octanol–water partition coefficient (Wildman–Crippen LogP) is 3.82. The molecule has 3 heteroatoms. The number of allylic oxidation sites excluding steroid dienone is 1. The smallest absolute Gasteiger partial charge is 0.160 e. The molecule has 3 nitrogen and oxygen atoms in total. The van der Waals surface area contributed by atoms with E-state index >= 15 is 0 Å². The highest BCUT2D eigenvalue weighted by molar-refractivity contribution is 5.86. The molecule has 0 heterocycles. The molecule has 0 aromatic heterocycles. The maximum absolute atomic E-state index is 10.7. The summed E-state index contributed by atoms with van der Waals surface area (Å²) in [7, 11) is 0. The lowest BCUT2D eigenvalue weighted by Gasteiger charge is -2.23. The van der Waals surface area contributed by atoms with E-state index in [4.69, 9.17) is 5.26 Å². The zero-order chi connectivity index (χ0) is 15.8. The van der Waals surface area contributed by atoms with Crippen molar-refractivity contribution in [2.75, 3.05) is 11.4 Å². The molecule has 0 saturated heterocycles. The van der Waals surface area contributed by atoms with E-state index in [1.807, 2.05) is 48.5 Å². The number of anilines is 1. The normalized spacial score (nSPS) is 10.8. The number of hydrogen-bond acceptors (Lipinski definition) is 3. The second-order valence-electron chi connectivity index (χ2n) is 4.92. The van der Waals surface area contributed by atoms with Gasteiger partial charge in [0.2, 0.25) is 0 Å². The molecule has 0 aliphatic carbocycles. The van der Waals surface area contributed by atoms with Crippen LogP contribution in [0.25, 0.3) is 6.08 Å². The fraction of sp³-hybridized carbons (Fsp3) is 0.158. The van der Waals surface area contributed by atoms with Crippen molar-refractivity contribution in [1.82, 2.24) is 0 Å². The van der Waals surface area contributed by atoms with Crippen molar-refractivity contribution in [3.63, 3.8) is 0 Å². The van der Waals surface area contributed by atoms with Gasteiger partial charge in [-0.3, -0.25) is 4.79 Å². The molecule has 0 saturated carbocycles. The number of benzene rings is 2. The van der Waals surface area contributed by atoms with Gasteiger partial charge in [-0.25, -0.2) is 0 Å². The molecular formula is C19H18N2O. The monoisotopic (exact) mass is 290 g/mol. The van der Waals surface area contributed by atoms with E-state index in [0.717, 1.165) is 24.3 Å². The standard InChI is InChI=1S/C19H18N2O/c1-2-21(14-17-6-4-3-5-7-17)19-10-8-16(9-11-19)12-18(13-20)15-22/h3-12,15H,2,14H2,1H3/b18-12+. The highest BCUT2D eigenvalue weighted by Gasteiger charge is 2.05. The number of rotatable bonds is 6. The molecule has 2 rings (SSSR count). The van der Waals surface area contributed by atoms with Gasteiger partial charge in [0.15, 0.2) is 6.29 Å². The van der Waals surface area contributed by atoms with Crippen LogP contribution in [0.15, 0.2) is 60.2 Å². The van der Waals surface area contributed by atoms with Gasteiger partial charge < -0.3 is 4.90 Å². The number of carbonyl (C=O) groups excluding carboxylic acids is 1. The Morgan fingerprint density at radius 3 is 2.36 bits per heavy atom. The maximum atomic E-state index is 10.7. The SMILES string of the molecule is CCN(Cc1ccccc1)c1ccc(/C=C(\C#N)C=O)cc1. The van der Waals surface area contributed by atoms with Gasteiger partial charge in [0, 0.05) is 18.8 Å². The van der Waals surface area contributed by atoms with Gasteiger partial charge in [-0.05, 0) is 36.3 Å². The Labute approximate surface area is 131 Å². The maximum Gasteiger partial charge on any atom is 0.160 e. The third-order valence-corrected chi connectivity index (χ3v) is 3.43. The van der Waals surface area contributed by atoms with Crippen LogP contribution in [0.4, 0.5) is 5.69 Å². The van der Waals surface area contributed by atoms with E-state index in [-0.39, 0.29) is 5.57 Å². The zero-order valence-electron chi connectivity index (χ0n) is 12.6. The van der Waals surface area contributed by atoms with Crippen LogP contribution < -0.4 is 4.90 Å². The summed E-state index contributed by atoms with van der Waals surface area (Å²) in [4.78, 5) is 12.9. The van der Waals surface area contributed by atoms with Crippen molar-refractivity contribution in [1.29, 1.82) is 5.26 Å². The Balaban J connectivity index is 2.16. The molecule has 0 aliphatic heterocycles. The Bertz CT molecular complexity index is 682. The third-order valence-electron chi connectivity index (χ3n) is 3.43. The van der Waals surface area contributed by atoms with Crippen LogP contribution in [0.2, 0.25) is 0 Å². The van der Waals surface area contributed by atoms with Crippen LogP contribution >= 0.6 is 0 Å². The van der Waals surface area contributed by atoms with E-state index in [0.29, 0.717) is 6.29 Å². The van der Waals surface area contributed by atoms with E-state index in [1.165, 1.54) is 5.56 Å². The summed E-state index contributed by atoms with van der Waals surface area (Å²) < 4.78 is 0. The molecule has 2 aromatic carbocycles. The fourth-order valence-electron chi connectivity index (χ4n) is 2.24. The van der Waals surface area contributed by atoms with Gasteiger partial charge in [-0.15, -0.1) is 0 Å². The van der Waals surface area contributed by atoms with Gasteiger partial charge in [0.25, 0.3) is 0 Å². The predicted molar refractivity (Wildman–Crippen MR) is 89.3 cm³/mol. The number of aldehydes is 1. The van der Waals surface area contributed by atoms with Gasteiger partial charge in [-0.1, -0.05) is 42.5 Å². The molecule has 0 unspecified atom stereocenters. The minimum atomic E-state index is 0.129. The average molecular weight is 290 g/mol. The van der Waals surface area contributed by atoms with Gasteiger partial charge in [-0.2, -0.15) is 5.26 Å². The Morgan fingerprint density at radius 2 is 1.82 bits per heavy atom. The van der Waals surface area contributed by atoms with Crippen LogP contribution in [0.1, 0.15) is 18.1 Å². The lowest BCUT2D eigenvalue weighted by Crippen LogP contribution is -2.21. The summed E-state index contributed by atoms with van der Waals surface area (Å²) in [5, 5.41) is 8.77. The van der Waals surface area contributed by atoms with Crippen LogP contribution in [0.5, 0.6) is 0 Å². The molecule has 0 spiro atoms. The molecule has 0 fully saturated rings. The largest absolute Gasteiger partial charge is 0.367 e. The first-order valence-corrected chi connectivity index (χ1v) is 7.22. The van der Waals surface area contributed by atoms with Crippen LogP contribution in [-0.4, -0.2) is 12.8 Å². The molecule has 0 bridgehead atoms. The molecule has 22 heavy (non-hydrogen) atoms. The number of hydrogen-bond donors (Lipinski definition) is 0. The quantitative estimate of drug-likeness (QED) is 0.461. The molecule has 2 aromatic rings. The lowest BCUT2D eigenvalue weighted by atomic mass is 10.1. The van der Waals surface area contributed by atoms with Crippen molar-refractivity contribution in [2.24, 2.45) is 0 Å². The van der Waals surface area contributed by atoms with E-state index in [9.17, 15) is 4.79 Å². The molecule has 0 radical (unpaired) electrons. The summed E-state index contributed by atoms with van der Waals surface area (Å²) in [6, 6.07) is 20.1. The first-order chi connectivity index (χ1) is 10.8. The summed E-state index contributed by atoms with van der Waals surface area (Å²) in [5.74, 6) is 0. The highest BCUT2D eigenvalue weighted by Crippen LogP contribution is 2.19. The third kappa shape index (κ3) is 4.07. The Hall–Kier alpha value is -2.86. The van der Waals surface area contributed by atoms with Crippen molar-refractivity contribution >= 4 is 18.0 Å². The summed E-state index contributed by atoms with van der Waals surface area (Å²) in [6.07, 6.45) is 2.16. The molecule has 0 atom stereocenters. The zero-order valence-corrected chi connectivity index (χ0v) is 12.6. The van der Waals surface area contributed by atoms with Crippen molar-refractivity contribution in [3.05, 3.63) is 71.3 Å². The molecule has 0 N–H and O–H groups in total. The highest BCUT2D eigenvalue weighted by atomic mass is 16.1. The van der Waals surface area contributed by atoms with Crippen molar-refractivity contribution < 1.29 is 4.79 Å². The fourth-order valence-corrected chi connectivity index (χ4v) is 2.24. The van der Waals surface area contributed by atoms with E-state index in [1.54, 1.807) is 6.08 Å². The minimum Gasteiger partial charge on any atom is -0.367 e. The first-order valence-electron chi connectivity index (χ1n) is 7.22. The van der Waals surface area contributed by atoms with Gasteiger partial charge in [0.1, 0.15) is 6.07 Å². The number of carbonyl (C=O) groups is 1. The van der Waals surface area contributed by atoms with E-state index in [2.05, 4.69) is 24.0 Å².